The summed E-state index contributed by atoms with van der Waals surface area (Å²) in [7, 11) is 0. The Morgan fingerprint density at radius 3 is 1.66 bits per heavy atom. The van der Waals surface area contributed by atoms with Crippen LogP contribution in [-0.4, -0.2) is 0 Å². The Morgan fingerprint density at radius 1 is 0.404 bits per heavy atom. The topological polar surface area (TPSA) is 33.5 Å². The average molecular weight is 602 g/mol. The van der Waals surface area contributed by atoms with Crippen molar-refractivity contribution in [2.45, 2.75) is 5.41 Å². The van der Waals surface area contributed by atoms with E-state index < -0.39 is 5.41 Å². The lowest BCUT2D eigenvalue weighted by molar-refractivity contribution is 0.659. The number of hydrogen-bond acceptors (Lipinski definition) is 3. The van der Waals surface area contributed by atoms with Crippen molar-refractivity contribution in [1.82, 2.24) is 0 Å². The van der Waals surface area contributed by atoms with Gasteiger partial charge in [-0.05, 0) is 105 Å². The van der Waals surface area contributed by atoms with E-state index in [1.54, 1.807) is 0 Å². The fourth-order valence-corrected chi connectivity index (χ4v) is 8.16. The van der Waals surface area contributed by atoms with E-state index in [9.17, 15) is 4.79 Å². The first-order valence-corrected chi connectivity index (χ1v) is 16.0. The minimum Gasteiger partial charge on any atom is -0.456 e. The predicted octanol–water partition coefficient (Wildman–Crippen LogP) is 10.8. The third-order valence-electron chi connectivity index (χ3n) is 10.1. The number of nitrogens with zero attached hydrogens (tertiary/aromatic N) is 1. The van der Waals surface area contributed by atoms with Gasteiger partial charge in [0.15, 0.2) is 0 Å². The van der Waals surface area contributed by atoms with Crippen LogP contribution >= 0.6 is 0 Å². The molecular formula is C44H27NO2. The first kappa shape index (κ1) is 26.1. The number of hydrogen-bond donors (Lipinski definition) is 0. The molecular weight excluding hydrogens is 574 g/mol. The highest BCUT2D eigenvalue weighted by Crippen LogP contribution is 2.63. The van der Waals surface area contributed by atoms with Crippen molar-refractivity contribution in [3.05, 3.63) is 196 Å². The summed E-state index contributed by atoms with van der Waals surface area (Å²) in [6.45, 7) is 0. The van der Waals surface area contributed by atoms with Gasteiger partial charge in [0.05, 0.1) is 16.2 Å². The van der Waals surface area contributed by atoms with Gasteiger partial charge in [0.2, 0.25) is 5.43 Å². The minimum absolute atomic E-state index is 0.00431. The van der Waals surface area contributed by atoms with E-state index in [1.165, 1.54) is 27.8 Å². The molecule has 3 heteroatoms. The first-order valence-electron chi connectivity index (χ1n) is 16.0. The molecule has 0 aliphatic heterocycles. The zero-order valence-electron chi connectivity index (χ0n) is 25.4. The van der Waals surface area contributed by atoms with Gasteiger partial charge in [-0.25, -0.2) is 0 Å². The summed E-state index contributed by atoms with van der Waals surface area (Å²) in [4.78, 5) is 16.4. The molecule has 0 bridgehead atoms. The maximum absolute atomic E-state index is 14.0. The lowest BCUT2D eigenvalue weighted by Crippen LogP contribution is -2.26. The fraction of sp³-hybridized carbons (Fsp3) is 0.0227. The molecule has 220 valence electrons. The number of benzene rings is 7. The highest BCUT2D eigenvalue weighted by molar-refractivity contribution is 6.01. The highest BCUT2D eigenvalue weighted by atomic mass is 16.3. The predicted molar refractivity (Wildman–Crippen MR) is 191 cm³/mol. The fourth-order valence-electron chi connectivity index (χ4n) is 8.16. The molecule has 1 heterocycles. The zero-order chi connectivity index (χ0) is 31.1. The molecule has 47 heavy (non-hydrogen) atoms. The van der Waals surface area contributed by atoms with E-state index in [0.717, 1.165) is 33.8 Å². The number of anilines is 3. The van der Waals surface area contributed by atoms with E-state index >= 15 is 0 Å². The van der Waals surface area contributed by atoms with E-state index in [-0.39, 0.29) is 5.43 Å². The van der Waals surface area contributed by atoms with E-state index in [0.29, 0.717) is 21.9 Å². The van der Waals surface area contributed by atoms with Crippen LogP contribution in [-0.2, 0) is 5.41 Å². The Bertz CT molecular complexity index is 2560. The maximum Gasteiger partial charge on any atom is 0.200 e. The van der Waals surface area contributed by atoms with E-state index in [1.807, 2.05) is 24.3 Å². The Hall–Kier alpha value is -6.19. The van der Waals surface area contributed by atoms with Gasteiger partial charge in [0.1, 0.15) is 11.2 Å². The molecule has 8 aromatic rings. The largest absolute Gasteiger partial charge is 0.456 e. The van der Waals surface area contributed by atoms with Gasteiger partial charge in [-0.15, -0.1) is 0 Å². The van der Waals surface area contributed by atoms with Crippen LogP contribution in [0, 0.1) is 0 Å². The van der Waals surface area contributed by atoms with Crippen LogP contribution in [0.3, 0.4) is 0 Å². The molecule has 0 amide bonds. The van der Waals surface area contributed by atoms with E-state index in [2.05, 4.69) is 144 Å². The van der Waals surface area contributed by atoms with Gasteiger partial charge in [-0.3, -0.25) is 4.79 Å². The number of rotatable bonds is 3. The molecule has 0 radical (unpaired) electrons. The van der Waals surface area contributed by atoms with Crippen molar-refractivity contribution in [3.63, 3.8) is 0 Å². The van der Waals surface area contributed by atoms with Crippen LogP contribution in [0.2, 0.25) is 0 Å². The maximum atomic E-state index is 14.0. The molecule has 0 fully saturated rings. The quantitative estimate of drug-likeness (QED) is 0.189. The van der Waals surface area contributed by atoms with Crippen molar-refractivity contribution in [1.29, 1.82) is 0 Å². The van der Waals surface area contributed by atoms with Crippen LogP contribution in [0.4, 0.5) is 17.1 Å². The van der Waals surface area contributed by atoms with Crippen LogP contribution in [0.15, 0.2) is 173 Å². The Kier molecular flexibility index (Phi) is 5.35. The molecule has 1 aromatic heterocycles. The van der Waals surface area contributed by atoms with Crippen molar-refractivity contribution < 1.29 is 4.42 Å². The summed E-state index contributed by atoms with van der Waals surface area (Å²) in [6.07, 6.45) is 0. The molecule has 3 nitrogen and oxygen atoms in total. The standard InChI is InChI=1S/C44H27NO2/c46-43-34-19-9-12-22-41(34)47-42-27-35-32-18-8-11-21-38(32)44(40(35)26-36(42)43)37-20-10-7-17-31(37)33-24-23-30(25-39(33)44)45(28-13-3-1-4-14-28)29-15-5-2-6-16-29/h1-27H. The van der Waals surface area contributed by atoms with Gasteiger partial charge in [-0.2, -0.15) is 0 Å². The summed E-state index contributed by atoms with van der Waals surface area (Å²) in [5.74, 6) is 0. The highest BCUT2D eigenvalue weighted by Gasteiger charge is 2.52. The third kappa shape index (κ3) is 3.48. The molecule has 0 N–H and O–H groups in total. The normalized spacial score (nSPS) is 15.4. The van der Waals surface area contributed by atoms with Crippen LogP contribution in [0.1, 0.15) is 22.3 Å². The summed E-state index contributed by atoms with van der Waals surface area (Å²) in [5, 5.41) is 1.20. The molecule has 1 spiro atoms. The summed E-state index contributed by atoms with van der Waals surface area (Å²) < 4.78 is 6.40. The van der Waals surface area contributed by atoms with Crippen LogP contribution in [0.25, 0.3) is 44.2 Å². The minimum atomic E-state index is -0.612. The van der Waals surface area contributed by atoms with Gasteiger partial charge >= 0.3 is 0 Å². The summed E-state index contributed by atoms with van der Waals surface area (Å²) in [6, 6.07) is 57.1. The molecule has 1 atom stereocenters. The molecule has 7 aromatic carbocycles. The van der Waals surface area contributed by atoms with Crippen molar-refractivity contribution in [3.8, 4) is 22.3 Å². The molecule has 0 saturated heterocycles. The van der Waals surface area contributed by atoms with Crippen molar-refractivity contribution >= 4 is 39.0 Å². The van der Waals surface area contributed by atoms with Gasteiger partial charge in [0, 0.05) is 17.1 Å². The Balaban J connectivity index is 1.32. The van der Waals surface area contributed by atoms with Gasteiger partial charge in [-0.1, -0.05) is 103 Å². The smallest absolute Gasteiger partial charge is 0.200 e. The lowest BCUT2D eigenvalue weighted by Gasteiger charge is -2.32. The SMILES string of the molecule is O=c1c2ccccc2oc2cc3c(cc12)C1(c2ccccc2-c2ccc(N(c4ccccc4)c4ccccc4)cc21)c1ccccc1-3. The lowest BCUT2D eigenvalue weighted by atomic mass is 9.70. The van der Waals surface area contributed by atoms with E-state index in [4.69, 9.17) is 4.42 Å². The first-order chi connectivity index (χ1) is 23.2. The van der Waals surface area contributed by atoms with Gasteiger partial charge in [0.25, 0.3) is 0 Å². The van der Waals surface area contributed by atoms with Crippen LogP contribution < -0.4 is 10.3 Å². The van der Waals surface area contributed by atoms with Crippen LogP contribution in [0.5, 0.6) is 0 Å². The Labute approximate surface area is 271 Å². The Morgan fingerprint density at radius 2 is 0.957 bits per heavy atom. The molecule has 2 aliphatic rings. The second-order valence-electron chi connectivity index (χ2n) is 12.4. The van der Waals surface area contributed by atoms with Crippen molar-refractivity contribution in [2.24, 2.45) is 0 Å². The molecule has 2 aliphatic carbocycles. The number of para-hydroxylation sites is 3. The second kappa shape index (κ2) is 9.65. The summed E-state index contributed by atoms with van der Waals surface area (Å²) in [5.41, 5.74) is 13.3. The molecule has 1 unspecified atom stereocenters. The molecule has 0 saturated carbocycles. The average Bonchev–Trinajstić information content (AvgIpc) is 3.59. The number of fused-ring (bicyclic) bond motifs is 12. The molecule has 10 rings (SSSR count). The third-order valence-corrected chi connectivity index (χ3v) is 10.1. The van der Waals surface area contributed by atoms with Gasteiger partial charge < -0.3 is 9.32 Å². The van der Waals surface area contributed by atoms with Crippen molar-refractivity contribution in [2.75, 3.05) is 4.90 Å². The monoisotopic (exact) mass is 601 g/mol. The second-order valence-corrected chi connectivity index (χ2v) is 12.4. The zero-order valence-corrected chi connectivity index (χ0v) is 25.4. The summed E-state index contributed by atoms with van der Waals surface area (Å²) >= 11 is 0.